The van der Waals surface area contributed by atoms with E-state index < -0.39 is 0 Å². The van der Waals surface area contributed by atoms with E-state index in [1.807, 2.05) is 6.07 Å². The molecule has 3 fully saturated rings. The Kier molecular flexibility index (Phi) is 5.06. The molecule has 0 spiro atoms. The Morgan fingerprint density at radius 3 is 2.52 bits per heavy atom. The van der Waals surface area contributed by atoms with Gasteiger partial charge in [-0.25, -0.2) is 0 Å². The lowest BCUT2D eigenvalue weighted by Gasteiger charge is -2.24. The molecule has 0 aromatic heterocycles. The molecule has 3 heterocycles. The van der Waals surface area contributed by atoms with Crippen LogP contribution in [-0.4, -0.2) is 61.1 Å². The number of rotatable bonds is 5. The second-order valence-corrected chi connectivity index (χ2v) is 7.83. The summed E-state index contributed by atoms with van der Waals surface area (Å²) >= 11 is 0. The number of carbonyl (C=O) groups excluding carboxylic acids is 1. The van der Waals surface area contributed by atoms with Gasteiger partial charge >= 0.3 is 0 Å². The molecule has 4 rings (SSSR count). The van der Waals surface area contributed by atoms with Crippen LogP contribution in [0.4, 0.5) is 0 Å². The average Bonchev–Trinajstić information content (AvgIpc) is 3.35. The van der Waals surface area contributed by atoms with Gasteiger partial charge in [0.05, 0.1) is 0 Å². The van der Waals surface area contributed by atoms with Crippen LogP contribution < -0.4 is 5.73 Å². The molecule has 3 saturated heterocycles. The Balaban J connectivity index is 1.23. The first-order valence-electron chi connectivity index (χ1n) is 9.64. The van der Waals surface area contributed by atoms with Crippen molar-refractivity contribution in [1.29, 1.82) is 0 Å². The molecule has 0 radical (unpaired) electrons. The Morgan fingerprint density at radius 1 is 1.16 bits per heavy atom. The summed E-state index contributed by atoms with van der Waals surface area (Å²) in [6.07, 6.45) is 2.74. The van der Waals surface area contributed by atoms with Crippen molar-refractivity contribution in [2.45, 2.75) is 31.4 Å². The summed E-state index contributed by atoms with van der Waals surface area (Å²) in [5.74, 6) is 1.47. The minimum atomic E-state index is -0.168. The molecular weight excluding hydrogens is 314 g/mol. The summed E-state index contributed by atoms with van der Waals surface area (Å²) in [5.41, 5.74) is 7.54. The first kappa shape index (κ1) is 17.0. The predicted octanol–water partition coefficient (Wildman–Crippen LogP) is 1.65. The van der Waals surface area contributed by atoms with Gasteiger partial charge in [0.2, 0.25) is 0 Å². The average molecular weight is 343 g/mol. The minimum absolute atomic E-state index is 0.110. The molecule has 0 bridgehead atoms. The van der Waals surface area contributed by atoms with Gasteiger partial charge in [0.15, 0.2) is 0 Å². The van der Waals surface area contributed by atoms with Crippen molar-refractivity contribution in [2.24, 2.45) is 17.6 Å². The van der Waals surface area contributed by atoms with E-state index in [1.54, 1.807) is 0 Å². The van der Waals surface area contributed by atoms with E-state index in [2.05, 4.69) is 34.1 Å². The van der Waals surface area contributed by atoms with E-state index in [0.717, 1.165) is 58.6 Å². The van der Waals surface area contributed by atoms with Crippen LogP contribution >= 0.6 is 0 Å². The van der Waals surface area contributed by atoms with Crippen LogP contribution in [0.15, 0.2) is 30.3 Å². The molecule has 1 aromatic rings. The molecule has 3 unspecified atom stereocenters. The highest BCUT2D eigenvalue weighted by Crippen LogP contribution is 2.32. The van der Waals surface area contributed by atoms with Gasteiger partial charge in [0, 0.05) is 38.8 Å². The number of likely N-dealkylation sites (tertiary alicyclic amines) is 2. The van der Waals surface area contributed by atoms with Gasteiger partial charge in [-0.1, -0.05) is 30.3 Å². The highest BCUT2D eigenvalue weighted by atomic mass is 16.5. The SMILES string of the molecule is N[C@@H](CCN1CC2CN(C(=O)C3CCCO3)CC2C1)c1ccccc1. The maximum atomic E-state index is 12.5. The number of amides is 1. The first-order chi connectivity index (χ1) is 12.2. The van der Waals surface area contributed by atoms with Gasteiger partial charge in [-0.15, -0.1) is 0 Å². The summed E-state index contributed by atoms with van der Waals surface area (Å²) in [6, 6.07) is 10.5. The lowest BCUT2D eigenvalue weighted by molar-refractivity contribution is -0.140. The number of fused-ring (bicyclic) bond motifs is 1. The largest absolute Gasteiger partial charge is 0.368 e. The number of nitrogens with two attached hydrogens (primary N) is 1. The monoisotopic (exact) mass is 343 g/mol. The molecule has 136 valence electrons. The zero-order valence-electron chi connectivity index (χ0n) is 14.8. The molecule has 5 nitrogen and oxygen atoms in total. The van der Waals surface area contributed by atoms with E-state index >= 15 is 0 Å². The fourth-order valence-electron chi connectivity index (χ4n) is 4.62. The number of benzene rings is 1. The topological polar surface area (TPSA) is 58.8 Å². The smallest absolute Gasteiger partial charge is 0.251 e. The normalized spacial score (nSPS) is 30.6. The Morgan fingerprint density at radius 2 is 1.88 bits per heavy atom. The fourth-order valence-corrected chi connectivity index (χ4v) is 4.62. The summed E-state index contributed by atoms with van der Waals surface area (Å²) in [6.45, 7) is 5.80. The van der Waals surface area contributed by atoms with E-state index in [0.29, 0.717) is 11.8 Å². The molecule has 0 saturated carbocycles. The number of ether oxygens (including phenoxy) is 1. The Hall–Kier alpha value is -1.43. The van der Waals surface area contributed by atoms with Crippen LogP contribution in [0.1, 0.15) is 30.9 Å². The van der Waals surface area contributed by atoms with Gasteiger partial charge in [-0.2, -0.15) is 0 Å². The van der Waals surface area contributed by atoms with E-state index in [4.69, 9.17) is 10.5 Å². The lowest BCUT2D eigenvalue weighted by atomic mass is 10.0. The highest BCUT2D eigenvalue weighted by Gasteiger charge is 2.43. The third-order valence-corrected chi connectivity index (χ3v) is 6.06. The lowest BCUT2D eigenvalue weighted by Crippen LogP contribution is -2.39. The van der Waals surface area contributed by atoms with Gasteiger partial charge < -0.3 is 20.3 Å². The number of carbonyl (C=O) groups is 1. The third kappa shape index (κ3) is 3.73. The molecule has 4 atom stereocenters. The van der Waals surface area contributed by atoms with Crippen LogP contribution in [-0.2, 0) is 9.53 Å². The molecule has 1 aromatic carbocycles. The zero-order chi connectivity index (χ0) is 17.2. The van der Waals surface area contributed by atoms with Crippen molar-refractivity contribution in [1.82, 2.24) is 9.80 Å². The van der Waals surface area contributed by atoms with Crippen molar-refractivity contribution in [2.75, 3.05) is 39.3 Å². The van der Waals surface area contributed by atoms with Crippen molar-refractivity contribution < 1.29 is 9.53 Å². The Labute approximate surface area is 150 Å². The van der Waals surface area contributed by atoms with Crippen molar-refractivity contribution in [3.05, 3.63) is 35.9 Å². The molecule has 25 heavy (non-hydrogen) atoms. The molecule has 3 aliphatic heterocycles. The summed E-state index contributed by atoms with van der Waals surface area (Å²) in [5, 5.41) is 0. The summed E-state index contributed by atoms with van der Waals surface area (Å²) < 4.78 is 5.56. The van der Waals surface area contributed by atoms with Crippen LogP contribution in [0.3, 0.4) is 0 Å². The van der Waals surface area contributed by atoms with E-state index in [-0.39, 0.29) is 18.1 Å². The molecule has 5 heteroatoms. The van der Waals surface area contributed by atoms with Crippen LogP contribution in [0.5, 0.6) is 0 Å². The minimum Gasteiger partial charge on any atom is -0.368 e. The quantitative estimate of drug-likeness (QED) is 0.883. The van der Waals surface area contributed by atoms with Crippen molar-refractivity contribution >= 4 is 5.91 Å². The number of nitrogens with zero attached hydrogens (tertiary/aromatic N) is 2. The van der Waals surface area contributed by atoms with Gasteiger partial charge in [-0.05, 0) is 43.2 Å². The Bertz CT molecular complexity index is 574. The van der Waals surface area contributed by atoms with Crippen LogP contribution in [0.2, 0.25) is 0 Å². The van der Waals surface area contributed by atoms with Crippen LogP contribution in [0.25, 0.3) is 0 Å². The molecule has 1 amide bonds. The second-order valence-electron chi connectivity index (χ2n) is 7.83. The van der Waals surface area contributed by atoms with Gasteiger partial charge in [-0.3, -0.25) is 4.79 Å². The van der Waals surface area contributed by atoms with Crippen molar-refractivity contribution in [3.8, 4) is 0 Å². The maximum absolute atomic E-state index is 12.5. The van der Waals surface area contributed by atoms with Crippen molar-refractivity contribution in [3.63, 3.8) is 0 Å². The molecule has 0 aliphatic carbocycles. The number of hydrogen-bond donors (Lipinski definition) is 1. The molecule has 3 aliphatic rings. The first-order valence-corrected chi connectivity index (χ1v) is 9.64. The predicted molar refractivity (Wildman–Crippen MR) is 97.0 cm³/mol. The van der Waals surface area contributed by atoms with Crippen LogP contribution in [0, 0.1) is 11.8 Å². The maximum Gasteiger partial charge on any atom is 0.251 e. The number of hydrogen-bond acceptors (Lipinski definition) is 4. The van der Waals surface area contributed by atoms with Gasteiger partial charge in [0.25, 0.3) is 5.91 Å². The second kappa shape index (κ2) is 7.44. The summed E-state index contributed by atoms with van der Waals surface area (Å²) in [7, 11) is 0. The van der Waals surface area contributed by atoms with Gasteiger partial charge in [0.1, 0.15) is 6.10 Å². The zero-order valence-corrected chi connectivity index (χ0v) is 14.8. The highest BCUT2D eigenvalue weighted by molar-refractivity contribution is 5.81. The fraction of sp³-hybridized carbons (Fsp3) is 0.650. The summed E-state index contributed by atoms with van der Waals surface area (Å²) in [4.78, 5) is 17.1. The van der Waals surface area contributed by atoms with E-state index in [9.17, 15) is 4.79 Å². The molecule has 2 N–H and O–H groups in total. The molecular formula is C20H29N3O2. The van der Waals surface area contributed by atoms with E-state index in [1.165, 1.54) is 5.56 Å². The third-order valence-electron chi connectivity index (χ3n) is 6.06. The standard InChI is InChI=1S/C20H29N3O2/c21-18(15-5-2-1-3-6-15)8-9-22-11-16-13-23(14-17(16)12-22)20(24)19-7-4-10-25-19/h1-3,5-6,16-19H,4,7-14,21H2/t16?,17?,18-,19?/m0/s1.